The maximum Gasteiger partial charge on any atom is 0.280 e. The SMILES string of the molecule is NC(=O)C1(S(=O)(=O)c2ccc(SCCNC(=O)c3nc4ccccc4s3)cc2)CCOCC1. The molecule has 0 aliphatic carbocycles. The van der Waals surface area contributed by atoms with E-state index in [1.54, 1.807) is 12.1 Å². The second-order valence-electron chi connectivity index (χ2n) is 7.54. The summed E-state index contributed by atoms with van der Waals surface area (Å²) in [5.41, 5.74) is 6.31. The molecule has 1 aliphatic rings. The van der Waals surface area contributed by atoms with Crippen LogP contribution >= 0.6 is 23.1 Å². The van der Waals surface area contributed by atoms with Crippen molar-refractivity contribution in [1.29, 1.82) is 0 Å². The number of thioether (sulfide) groups is 1. The van der Waals surface area contributed by atoms with Gasteiger partial charge in [-0.3, -0.25) is 9.59 Å². The average molecular weight is 506 g/mol. The number of para-hydroxylation sites is 1. The highest BCUT2D eigenvalue weighted by atomic mass is 32.2. The van der Waals surface area contributed by atoms with E-state index in [9.17, 15) is 18.0 Å². The van der Waals surface area contributed by atoms with E-state index in [0.29, 0.717) is 17.3 Å². The topological polar surface area (TPSA) is 128 Å². The number of hydrogen-bond acceptors (Lipinski definition) is 8. The maximum atomic E-state index is 13.2. The third-order valence-corrected chi connectivity index (χ3v) is 10.1. The summed E-state index contributed by atoms with van der Waals surface area (Å²) in [5.74, 6) is -0.453. The molecule has 0 unspecified atom stereocenters. The van der Waals surface area contributed by atoms with Gasteiger partial charge in [0.1, 0.15) is 0 Å². The van der Waals surface area contributed by atoms with E-state index in [1.165, 1.54) is 35.2 Å². The lowest BCUT2D eigenvalue weighted by Gasteiger charge is -2.33. The molecular formula is C22H23N3O5S3. The summed E-state index contributed by atoms with van der Waals surface area (Å²) >= 11 is 2.83. The number of ether oxygens (including phenoxy) is 1. The van der Waals surface area contributed by atoms with Gasteiger partial charge in [-0.15, -0.1) is 23.1 Å². The predicted octanol–water partition coefficient (Wildman–Crippen LogP) is 2.63. The smallest absolute Gasteiger partial charge is 0.280 e. The summed E-state index contributed by atoms with van der Waals surface area (Å²) in [6, 6.07) is 14.0. The van der Waals surface area contributed by atoms with Gasteiger partial charge in [0.2, 0.25) is 5.91 Å². The highest BCUT2D eigenvalue weighted by Gasteiger charge is 2.51. The molecule has 2 aromatic carbocycles. The normalized spacial score (nSPS) is 15.9. The molecule has 1 aromatic heterocycles. The summed E-state index contributed by atoms with van der Waals surface area (Å²) in [6.07, 6.45) is 0.102. The van der Waals surface area contributed by atoms with Crippen LogP contribution in [0.25, 0.3) is 10.2 Å². The number of benzene rings is 2. The standard InChI is InChI=1S/C22H23N3O5S3/c23-21(27)22(9-12-30-13-10-22)33(28,29)16-7-5-15(6-8-16)31-14-11-24-19(26)20-25-17-3-1-2-4-18(17)32-20/h1-8H,9-14H2,(H2,23,27)(H,24,26). The molecule has 0 atom stereocenters. The van der Waals surface area contributed by atoms with Gasteiger partial charge in [-0.05, 0) is 49.2 Å². The molecule has 0 saturated carbocycles. The number of sulfone groups is 1. The van der Waals surface area contributed by atoms with Crippen molar-refractivity contribution in [3.8, 4) is 0 Å². The van der Waals surface area contributed by atoms with Crippen LogP contribution in [0.5, 0.6) is 0 Å². The average Bonchev–Trinajstić information content (AvgIpc) is 3.27. The summed E-state index contributed by atoms with van der Waals surface area (Å²) < 4.78 is 30.9. The van der Waals surface area contributed by atoms with Crippen LogP contribution in [-0.2, 0) is 19.4 Å². The molecule has 2 amide bonds. The van der Waals surface area contributed by atoms with E-state index in [-0.39, 0.29) is 36.9 Å². The van der Waals surface area contributed by atoms with Crippen molar-refractivity contribution in [1.82, 2.24) is 10.3 Å². The predicted molar refractivity (Wildman–Crippen MR) is 128 cm³/mol. The van der Waals surface area contributed by atoms with Gasteiger partial charge >= 0.3 is 0 Å². The number of aromatic nitrogens is 1. The first-order valence-corrected chi connectivity index (χ1v) is 13.6. The Hall–Kier alpha value is -2.47. The molecule has 3 N–H and O–H groups in total. The number of hydrogen-bond donors (Lipinski definition) is 2. The Kier molecular flexibility index (Phi) is 7.03. The van der Waals surface area contributed by atoms with Crippen molar-refractivity contribution in [2.45, 2.75) is 27.4 Å². The monoisotopic (exact) mass is 505 g/mol. The number of thiazole rings is 1. The van der Waals surface area contributed by atoms with Crippen LogP contribution in [0.1, 0.15) is 22.6 Å². The fourth-order valence-electron chi connectivity index (χ4n) is 3.67. The first-order chi connectivity index (χ1) is 15.8. The van der Waals surface area contributed by atoms with Crippen molar-refractivity contribution in [3.63, 3.8) is 0 Å². The molecule has 4 rings (SSSR count). The van der Waals surface area contributed by atoms with E-state index in [0.717, 1.165) is 15.1 Å². The number of nitrogens with one attached hydrogen (secondary N) is 1. The zero-order valence-corrected chi connectivity index (χ0v) is 20.1. The fourth-order valence-corrected chi connectivity index (χ4v) is 7.23. The van der Waals surface area contributed by atoms with Crippen LogP contribution in [0.3, 0.4) is 0 Å². The second-order valence-corrected chi connectivity index (χ2v) is 12.0. The van der Waals surface area contributed by atoms with Crippen LogP contribution in [0, 0.1) is 0 Å². The highest BCUT2D eigenvalue weighted by Crippen LogP contribution is 2.35. The fraction of sp³-hybridized carbons (Fsp3) is 0.318. The van der Waals surface area contributed by atoms with Crippen LogP contribution < -0.4 is 11.1 Å². The van der Waals surface area contributed by atoms with Crippen LogP contribution in [0.15, 0.2) is 58.3 Å². The Bertz CT molecular complexity index is 1230. The Balaban J connectivity index is 1.34. The Morgan fingerprint density at radius 3 is 2.48 bits per heavy atom. The van der Waals surface area contributed by atoms with E-state index >= 15 is 0 Å². The zero-order valence-electron chi connectivity index (χ0n) is 17.7. The number of fused-ring (bicyclic) bond motifs is 1. The minimum atomic E-state index is -3.94. The van der Waals surface area contributed by atoms with Gasteiger partial charge in [0.25, 0.3) is 5.91 Å². The number of primary amides is 1. The number of nitrogens with two attached hydrogens (primary N) is 1. The van der Waals surface area contributed by atoms with Crippen molar-refractivity contribution in [2.24, 2.45) is 5.73 Å². The van der Waals surface area contributed by atoms with Crippen molar-refractivity contribution in [2.75, 3.05) is 25.5 Å². The van der Waals surface area contributed by atoms with Crippen molar-refractivity contribution < 1.29 is 22.7 Å². The van der Waals surface area contributed by atoms with Gasteiger partial charge in [0, 0.05) is 30.4 Å². The number of carbonyl (C=O) groups is 2. The molecule has 1 aliphatic heterocycles. The highest BCUT2D eigenvalue weighted by molar-refractivity contribution is 7.99. The van der Waals surface area contributed by atoms with E-state index in [2.05, 4.69) is 10.3 Å². The van der Waals surface area contributed by atoms with Crippen LogP contribution in [0.4, 0.5) is 0 Å². The van der Waals surface area contributed by atoms with E-state index in [1.807, 2.05) is 24.3 Å². The van der Waals surface area contributed by atoms with Gasteiger partial charge in [0.15, 0.2) is 19.6 Å². The van der Waals surface area contributed by atoms with Gasteiger partial charge in [0.05, 0.1) is 15.1 Å². The van der Waals surface area contributed by atoms with E-state index < -0.39 is 20.5 Å². The summed E-state index contributed by atoms with van der Waals surface area (Å²) in [5, 5.41) is 3.28. The second kappa shape index (κ2) is 9.80. The van der Waals surface area contributed by atoms with Crippen molar-refractivity contribution in [3.05, 3.63) is 53.5 Å². The summed E-state index contributed by atoms with van der Waals surface area (Å²) in [4.78, 5) is 29.7. The Morgan fingerprint density at radius 1 is 1.12 bits per heavy atom. The zero-order chi connectivity index (χ0) is 23.5. The molecule has 11 heteroatoms. The molecule has 8 nitrogen and oxygen atoms in total. The third kappa shape index (κ3) is 4.77. The number of nitrogens with zero attached hydrogens (tertiary/aromatic N) is 1. The first kappa shape index (κ1) is 23.7. The minimum Gasteiger partial charge on any atom is -0.381 e. The van der Waals surface area contributed by atoms with Crippen molar-refractivity contribution >= 4 is 55.0 Å². The van der Waals surface area contributed by atoms with Gasteiger partial charge < -0.3 is 15.8 Å². The lowest BCUT2D eigenvalue weighted by molar-refractivity contribution is -0.122. The van der Waals surface area contributed by atoms with Gasteiger partial charge in [-0.25, -0.2) is 13.4 Å². The molecule has 1 saturated heterocycles. The molecule has 3 aromatic rings. The third-order valence-electron chi connectivity index (χ3n) is 5.54. The van der Waals surface area contributed by atoms with Gasteiger partial charge in [-0.1, -0.05) is 12.1 Å². The summed E-state index contributed by atoms with van der Waals surface area (Å²) in [7, 11) is -3.94. The number of rotatable bonds is 8. The van der Waals surface area contributed by atoms with Crippen LogP contribution in [0.2, 0.25) is 0 Å². The quantitative estimate of drug-likeness (QED) is 0.356. The molecule has 2 heterocycles. The lowest BCUT2D eigenvalue weighted by atomic mass is 9.98. The Labute approximate surface area is 199 Å². The molecule has 33 heavy (non-hydrogen) atoms. The first-order valence-electron chi connectivity index (χ1n) is 10.3. The molecular weight excluding hydrogens is 482 g/mol. The molecule has 0 bridgehead atoms. The molecule has 1 fully saturated rings. The van der Waals surface area contributed by atoms with Crippen LogP contribution in [-0.4, -0.2) is 55.5 Å². The molecule has 174 valence electrons. The maximum absolute atomic E-state index is 13.2. The van der Waals surface area contributed by atoms with Gasteiger partial charge in [-0.2, -0.15) is 0 Å². The lowest BCUT2D eigenvalue weighted by Crippen LogP contribution is -2.53. The molecule has 0 spiro atoms. The molecule has 0 radical (unpaired) electrons. The largest absolute Gasteiger partial charge is 0.381 e. The number of carbonyl (C=O) groups excluding carboxylic acids is 2. The van der Waals surface area contributed by atoms with E-state index in [4.69, 9.17) is 10.5 Å². The number of amides is 2. The Morgan fingerprint density at radius 2 is 1.82 bits per heavy atom. The summed E-state index contributed by atoms with van der Waals surface area (Å²) in [6.45, 7) is 0.794. The minimum absolute atomic E-state index is 0.0511.